The van der Waals surface area contributed by atoms with Crippen LogP contribution in [0.1, 0.15) is 25.8 Å². The van der Waals surface area contributed by atoms with E-state index in [9.17, 15) is 4.79 Å². The van der Waals surface area contributed by atoms with Crippen molar-refractivity contribution in [3.63, 3.8) is 0 Å². The highest BCUT2D eigenvalue weighted by molar-refractivity contribution is 6.02. The quantitative estimate of drug-likeness (QED) is 0.631. The van der Waals surface area contributed by atoms with Gasteiger partial charge in [0.25, 0.3) is 0 Å². The number of amides is 1. The van der Waals surface area contributed by atoms with Crippen LogP contribution in [0.15, 0.2) is 48.5 Å². The SMILES string of the molecule is COc1cc(/C=C/C(=O)Nc2ccc(N(C)C)cc2)ccc1OCCC(C)C. The Bertz CT molecular complexity index is 796. The molecule has 2 aromatic rings. The van der Waals surface area contributed by atoms with Gasteiger partial charge in [-0.15, -0.1) is 0 Å². The van der Waals surface area contributed by atoms with Crippen LogP contribution >= 0.6 is 0 Å². The van der Waals surface area contributed by atoms with Gasteiger partial charge in [-0.1, -0.05) is 19.9 Å². The lowest BCUT2D eigenvalue weighted by Gasteiger charge is -2.13. The molecule has 0 aliphatic heterocycles. The van der Waals surface area contributed by atoms with E-state index < -0.39 is 0 Å². The fourth-order valence-electron chi connectivity index (χ4n) is 2.51. The molecule has 0 atom stereocenters. The average Bonchev–Trinajstić information content (AvgIpc) is 2.67. The average molecular weight is 383 g/mol. The van der Waals surface area contributed by atoms with Gasteiger partial charge < -0.3 is 19.7 Å². The number of hydrogen-bond donors (Lipinski definition) is 1. The summed E-state index contributed by atoms with van der Waals surface area (Å²) in [6, 6.07) is 13.3. The molecule has 0 aliphatic carbocycles. The van der Waals surface area contributed by atoms with Crippen molar-refractivity contribution in [2.75, 3.05) is 38.0 Å². The number of rotatable bonds is 9. The van der Waals surface area contributed by atoms with Crippen molar-refractivity contribution in [3.8, 4) is 11.5 Å². The molecule has 0 saturated heterocycles. The molecule has 0 unspecified atom stereocenters. The molecule has 0 aliphatic rings. The minimum atomic E-state index is -0.186. The first-order chi connectivity index (χ1) is 13.4. The summed E-state index contributed by atoms with van der Waals surface area (Å²) in [5.41, 5.74) is 2.70. The molecule has 2 aromatic carbocycles. The van der Waals surface area contributed by atoms with Gasteiger partial charge >= 0.3 is 0 Å². The van der Waals surface area contributed by atoms with Crippen LogP contribution in [0.2, 0.25) is 0 Å². The molecule has 1 amide bonds. The largest absolute Gasteiger partial charge is 0.493 e. The van der Waals surface area contributed by atoms with E-state index in [4.69, 9.17) is 9.47 Å². The molecule has 28 heavy (non-hydrogen) atoms. The van der Waals surface area contributed by atoms with Gasteiger partial charge in [-0.3, -0.25) is 4.79 Å². The minimum absolute atomic E-state index is 0.186. The van der Waals surface area contributed by atoms with E-state index in [2.05, 4.69) is 19.2 Å². The predicted octanol–water partition coefficient (Wildman–Crippen LogP) is 4.84. The summed E-state index contributed by atoms with van der Waals surface area (Å²) in [5, 5.41) is 2.86. The predicted molar refractivity (Wildman–Crippen MR) is 116 cm³/mol. The van der Waals surface area contributed by atoms with Gasteiger partial charge in [0.1, 0.15) is 0 Å². The van der Waals surface area contributed by atoms with Crippen LogP contribution in [0, 0.1) is 5.92 Å². The van der Waals surface area contributed by atoms with E-state index in [1.54, 1.807) is 13.2 Å². The Labute approximate surface area is 168 Å². The monoisotopic (exact) mass is 382 g/mol. The van der Waals surface area contributed by atoms with Gasteiger partial charge in [0, 0.05) is 31.5 Å². The number of nitrogens with one attached hydrogen (secondary N) is 1. The second-order valence-corrected chi connectivity index (χ2v) is 7.21. The van der Waals surface area contributed by atoms with Crippen molar-refractivity contribution in [1.82, 2.24) is 0 Å². The van der Waals surface area contributed by atoms with E-state index in [0.29, 0.717) is 24.0 Å². The lowest BCUT2D eigenvalue weighted by Crippen LogP contribution is -2.10. The van der Waals surface area contributed by atoms with E-state index in [1.807, 2.05) is 61.5 Å². The van der Waals surface area contributed by atoms with E-state index >= 15 is 0 Å². The molecular weight excluding hydrogens is 352 g/mol. The van der Waals surface area contributed by atoms with E-state index in [0.717, 1.165) is 23.4 Å². The van der Waals surface area contributed by atoms with Gasteiger partial charge in [-0.05, 0) is 60.4 Å². The van der Waals surface area contributed by atoms with Crippen LogP contribution < -0.4 is 19.7 Å². The molecule has 0 fully saturated rings. The number of ether oxygens (including phenoxy) is 2. The molecule has 0 radical (unpaired) electrons. The van der Waals surface area contributed by atoms with Crippen LogP contribution in [0.3, 0.4) is 0 Å². The Morgan fingerprint density at radius 2 is 1.82 bits per heavy atom. The van der Waals surface area contributed by atoms with Gasteiger partial charge in [-0.25, -0.2) is 0 Å². The molecule has 150 valence electrons. The fraction of sp³-hybridized carbons (Fsp3) is 0.348. The van der Waals surface area contributed by atoms with Crippen molar-refractivity contribution in [3.05, 3.63) is 54.1 Å². The first kappa shape index (κ1) is 21.4. The third kappa shape index (κ3) is 6.65. The third-order valence-corrected chi connectivity index (χ3v) is 4.22. The molecule has 0 saturated carbocycles. The third-order valence-electron chi connectivity index (χ3n) is 4.22. The number of carbonyl (C=O) groups excluding carboxylic acids is 1. The first-order valence-electron chi connectivity index (χ1n) is 9.46. The van der Waals surface area contributed by atoms with E-state index in [1.165, 1.54) is 6.08 Å². The molecule has 0 bridgehead atoms. The van der Waals surface area contributed by atoms with Crippen LogP contribution in [-0.2, 0) is 4.79 Å². The van der Waals surface area contributed by atoms with Gasteiger partial charge in [0.2, 0.25) is 5.91 Å². The highest BCUT2D eigenvalue weighted by Gasteiger charge is 2.06. The molecule has 1 N–H and O–H groups in total. The Morgan fingerprint density at radius 3 is 2.43 bits per heavy atom. The lowest BCUT2D eigenvalue weighted by molar-refractivity contribution is -0.111. The molecule has 5 heteroatoms. The highest BCUT2D eigenvalue weighted by Crippen LogP contribution is 2.29. The van der Waals surface area contributed by atoms with Crippen molar-refractivity contribution >= 4 is 23.4 Å². The topological polar surface area (TPSA) is 50.8 Å². The van der Waals surface area contributed by atoms with Crippen LogP contribution in [0.4, 0.5) is 11.4 Å². The molecule has 0 spiro atoms. The number of methoxy groups -OCH3 is 1. The van der Waals surface area contributed by atoms with Crippen LogP contribution in [0.5, 0.6) is 11.5 Å². The number of carbonyl (C=O) groups is 1. The van der Waals surface area contributed by atoms with Crippen molar-refractivity contribution in [2.45, 2.75) is 20.3 Å². The summed E-state index contributed by atoms with van der Waals surface area (Å²) < 4.78 is 11.2. The zero-order valence-corrected chi connectivity index (χ0v) is 17.4. The van der Waals surface area contributed by atoms with Crippen molar-refractivity contribution < 1.29 is 14.3 Å². The highest BCUT2D eigenvalue weighted by atomic mass is 16.5. The Morgan fingerprint density at radius 1 is 1.11 bits per heavy atom. The van der Waals surface area contributed by atoms with Gasteiger partial charge in [-0.2, -0.15) is 0 Å². The number of anilines is 2. The summed E-state index contributed by atoms with van der Waals surface area (Å²) in [6.07, 6.45) is 4.25. The standard InChI is InChI=1S/C23H30N2O3/c1-17(2)14-15-28-21-12-6-18(16-22(21)27-5)7-13-23(26)24-19-8-10-20(11-9-19)25(3)4/h6-13,16-17H,14-15H2,1-5H3,(H,24,26)/b13-7+. The fourth-order valence-corrected chi connectivity index (χ4v) is 2.51. The molecule has 5 nitrogen and oxygen atoms in total. The lowest BCUT2D eigenvalue weighted by atomic mass is 10.1. The Kier molecular flexibility index (Phi) is 7.93. The second-order valence-electron chi connectivity index (χ2n) is 7.21. The summed E-state index contributed by atoms with van der Waals surface area (Å²) in [5.74, 6) is 1.77. The summed E-state index contributed by atoms with van der Waals surface area (Å²) in [4.78, 5) is 14.2. The Balaban J connectivity index is 1.97. The number of benzene rings is 2. The van der Waals surface area contributed by atoms with Crippen molar-refractivity contribution in [1.29, 1.82) is 0 Å². The zero-order chi connectivity index (χ0) is 20.5. The maximum Gasteiger partial charge on any atom is 0.248 e. The molecule has 0 heterocycles. The van der Waals surface area contributed by atoms with Crippen molar-refractivity contribution in [2.24, 2.45) is 5.92 Å². The summed E-state index contributed by atoms with van der Waals surface area (Å²) in [6.45, 7) is 4.98. The number of hydrogen-bond acceptors (Lipinski definition) is 4. The molecular formula is C23H30N2O3. The van der Waals surface area contributed by atoms with E-state index in [-0.39, 0.29) is 5.91 Å². The van der Waals surface area contributed by atoms with Crippen LogP contribution in [-0.4, -0.2) is 33.7 Å². The second kappa shape index (κ2) is 10.4. The zero-order valence-electron chi connectivity index (χ0n) is 17.4. The molecule has 0 aromatic heterocycles. The van der Waals surface area contributed by atoms with Gasteiger partial charge in [0.15, 0.2) is 11.5 Å². The van der Waals surface area contributed by atoms with Gasteiger partial charge in [0.05, 0.1) is 13.7 Å². The Hall–Kier alpha value is -2.95. The number of nitrogens with zero attached hydrogens (tertiary/aromatic N) is 1. The smallest absolute Gasteiger partial charge is 0.248 e. The molecule has 2 rings (SSSR count). The summed E-state index contributed by atoms with van der Waals surface area (Å²) in [7, 11) is 5.57. The van der Waals surface area contributed by atoms with Crippen LogP contribution in [0.25, 0.3) is 6.08 Å². The minimum Gasteiger partial charge on any atom is -0.493 e. The maximum absolute atomic E-state index is 12.2. The first-order valence-corrected chi connectivity index (χ1v) is 9.46. The maximum atomic E-state index is 12.2. The summed E-state index contributed by atoms with van der Waals surface area (Å²) >= 11 is 0. The normalized spacial score (nSPS) is 10.9.